The summed E-state index contributed by atoms with van der Waals surface area (Å²) in [4.78, 5) is 201. The lowest BCUT2D eigenvalue weighted by molar-refractivity contribution is -0.192. The Kier molecular flexibility index (Phi) is 43.9. The Morgan fingerprint density at radius 2 is 0.782 bits per heavy atom. The molecule has 2 bridgehead atoms. The maximum absolute atomic E-state index is 15.2. The Labute approximate surface area is 696 Å². The van der Waals surface area contributed by atoms with Crippen LogP contribution in [-0.4, -0.2) is 229 Å². The first kappa shape index (κ1) is 102. The van der Waals surface area contributed by atoms with Crippen LogP contribution in [0.1, 0.15) is 184 Å². The van der Waals surface area contributed by atoms with Gasteiger partial charge in [-0.05, 0) is 156 Å². The van der Waals surface area contributed by atoms with Gasteiger partial charge in [0.1, 0.15) is 84.7 Å². The zero-order chi connectivity index (χ0) is 89.0. The van der Waals surface area contributed by atoms with Crippen LogP contribution in [0.3, 0.4) is 0 Å². The monoisotopic (exact) mass is 1680 g/mol. The SMILES string of the molecule is CC(C)C[C@@H]1NC(=O)[C@H](CCCN)NC(=O)[C@H](C(C)C)NC(=O)[C@@H]2CCCN2C(=O)[C@@H](Cc2ccccc2)NC(=O)[C@H](CC(C)C)NC(=O)[C@H](CCCN)NC(=O)[C@H](C(C)C)NC(=O)[C@H](CCCN)NC(=O)[C@H](CC(C)C)NC(=O)[C@H]2C[C@H](OCc3ccccc3)[C@@H](CNC(=O)[C@H](C(C)C)NC(=O)[C@@H](CCCN)NC1=O)O2.O=C(O)C(F)(F)F. The lowest BCUT2D eigenvalue weighted by atomic mass is 9.99. The van der Waals surface area contributed by atoms with Gasteiger partial charge in [0.15, 0.2) is 0 Å². The third-order valence-corrected chi connectivity index (χ3v) is 20.3. The van der Waals surface area contributed by atoms with Crippen molar-refractivity contribution >= 4 is 82.8 Å². The van der Waals surface area contributed by atoms with E-state index in [1.165, 1.54) is 4.90 Å². The Morgan fingerprint density at radius 1 is 0.454 bits per heavy atom. The second-order valence-corrected chi connectivity index (χ2v) is 33.0. The Hall–Kier alpha value is -9.43. The third-order valence-electron chi connectivity index (χ3n) is 20.3. The minimum Gasteiger partial charge on any atom is -0.475 e. The molecule has 2 aromatic rings. The first-order chi connectivity index (χ1) is 56.1. The minimum absolute atomic E-state index is 0.00204. The van der Waals surface area contributed by atoms with Crippen LogP contribution in [0.2, 0.25) is 0 Å². The molecule has 34 nitrogen and oxygen atoms in total. The first-order valence-electron chi connectivity index (χ1n) is 41.5. The molecule has 668 valence electrons. The average molecular weight is 1690 g/mol. The molecule has 13 amide bonds. The van der Waals surface area contributed by atoms with E-state index in [9.17, 15) is 70.7 Å². The zero-order valence-electron chi connectivity index (χ0n) is 70.8. The van der Waals surface area contributed by atoms with E-state index in [4.69, 9.17) is 42.3 Å². The molecule has 0 unspecified atom stereocenters. The van der Waals surface area contributed by atoms with Gasteiger partial charge in [-0.2, -0.15) is 13.2 Å². The summed E-state index contributed by atoms with van der Waals surface area (Å²) < 4.78 is 44.6. The highest BCUT2D eigenvalue weighted by Crippen LogP contribution is 2.27. The molecule has 37 heteroatoms. The summed E-state index contributed by atoms with van der Waals surface area (Å²) in [5, 5.41) is 41.0. The van der Waals surface area contributed by atoms with Crippen molar-refractivity contribution < 1.29 is 94.9 Å². The summed E-state index contributed by atoms with van der Waals surface area (Å²) in [5.41, 5.74) is 25.4. The van der Waals surface area contributed by atoms with Crippen LogP contribution >= 0.6 is 0 Å². The van der Waals surface area contributed by atoms with Crippen molar-refractivity contribution in [3.63, 3.8) is 0 Å². The number of carbonyl (C=O) groups excluding carboxylic acids is 13. The van der Waals surface area contributed by atoms with Gasteiger partial charge in [0.2, 0.25) is 76.8 Å². The fraction of sp³-hybridized carbons (Fsp3) is 0.683. The summed E-state index contributed by atoms with van der Waals surface area (Å²) in [6, 6.07) is 2.89. The molecule has 21 N–H and O–H groups in total. The Balaban J connectivity index is 0.00000406. The van der Waals surface area contributed by atoms with Crippen molar-refractivity contribution in [2.75, 3.05) is 39.3 Å². The first-order valence-corrected chi connectivity index (χ1v) is 41.5. The molecule has 0 radical (unpaired) electrons. The third kappa shape index (κ3) is 34.7. The molecular formula is C82H132F3N17O17. The second kappa shape index (κ2) is 51.2. The number of hydrogen-bond acceptors (Lipinski definition) is 20. The van der Waals surface area contributed by atoms with E-state index in [0.717, 1.165) is 5.56 Å². The summed E-state index contributed by atoms with van der Waals surface area (Å²) in [7, 11) is 0. The molecule has 3 aliphatic heterocycles. The molecule has 3 heterocycles. The highest BCUT2D eigenvalue weighted by Gasteiger charge is 2.45. The predicted octanol–water partition coefficient (Wildman–Crippen LogP) is 1.12. The lowest BCUT2D eigenvalue weighted by Gasteiger charge is -2.32. The van der Waals surface area contributed by atoms with E-state index in [-0.39, 0.29) is 154 Å². The van der Waals surface area contributed by atoms with E-state index in [1.807, 2.05) is 71.9 Å². The van der Waals surface area contributed by atoms with Gasteiger partial charge >= 0.3 is 12.1 Å². The molecule has 3 aliphatic rings. The second-order valence-electron chi connectivity index (χ2n) is 33.0. The van der Waals surface area contributed by atoms with E-state index in [1.54, 1.807) is 71.9 Å². The number of halogens is 3. The highest BCUT2D eigenvalue weighted by atomic mass is 19.4. The van der Waals surface area contributed by atoms with Gasteiger partial charge in [0, 0.05) is 25.9 Å². The van der Waals surface area contributed by atoms with Crippen molar-refractivity contribution in [3.05, 3.63) is 71.8 Å². The highest BCUT2D eigenvalue weighted by molar-refractivity contribution is 6.00. The molecule has 3 fully saturated rings. The quantitative estimate of drug-likeness (QED) is 0.0627. The number of carboxylic acid groups (broad SMARTS) is 1. The van der Waals surface area contributed by atoms with E-state index in [0.29, 0.717) is 12.0 Å². The van der Waals surface area contributed by atoms with Crippen molar-refractivity contribution in [3.8, 4) is 0 Å². The van der Waals surface area contributed by atoms with Crippen LogP contribution < -0.4 is 86.7 Å². The minimum atomic E-state index is -5.08. The van der Waals surface area contributed by atoms with Gasteiger partial charge in [-0.1, -0.05) is 144 Å². The van der Waals surface area contributed by atoms with Crippen molar-refractivity contribution in [1.29, 1.82) is 0 Å². The van der Waals surface area contributed by atoms with Gasteiger partial charge in [-0.3, -0.25) is 62.3 Å². The van der Waals surface area contributed by atoms with Gasteiger partial charge in [0.25, 0.3) is 0 Å². The van der Waals surface area contributed by atoms with Crippen LogP contribution in [0, 0.1) is 35.5 Å². The van der Waals surface area contributed by atoms with E-state index >= 15 is 4.79 Å². The predicted molar refractivity (Wildman–Crippen MR) is 437 cm³/mol. The number of amides is 13. The Morgan fingerprint density at radius 3 is 1.15 bits per heavy atom. The van der Waals surface area contributed by atoms with Crippen LogP contribution in [-0.2, 0) is 89.6 Å². The smallest absolute Gasteiger partial charge is 0.475 e. The number of nitrogens with two attached hydrogens (primary N) is 4. The van der Waals surface area contributed by atoms with Crippen LogP contribution in [0.25, 0.3) is 0 Å². The molecule has 5 rings (SSSR count). The van der Waals surface area contributed by atoms with Crippen LogP contribution in [0.5, 0.6) is 0 Å². The molecule has 15 atom stereocenters. The van der Waals surface area contributed by atoms with Crippen molar-refractivity contribution in [1.82, 2.24) is 68.7 Å². The van der Waals surface area contributed by atoms with Gasteiger partial charge in [-0.25, -0.2) is 4.79 Å². The maximum atomic E-state index is 15.2. The van der Waals surface area contributed by atoms with Crippen molar-refractivity contribution in [2.24, 2.45) is 58.4 Å². The number of carbonyl (C=O) groups is 14. The van der Waals surface area contributed by atoms with E-state index < -0.39 is 198 Å². The standard InChI is InChI=1S/C80H131N17O15.C2HF3O2/c1-45(2)38-57-72(102)86-55(30-21-35-83)70(100)94-65(48(7)8)77(107)85-43-64-62(111-44-52-26-17-14-18-27-52)42-63(112-64)76(106)92-59(40-47(5)6)73(103)87-56(31-22-36-84)71(101)95-66(49(9)10)78(108)88-53(28-19-33-81)69(99)91-58(39-46(3)4)74(104)93-60(41-51-24-15-13-16-25-51)80(110)97-37-23-32-61(97)75(105)96-67(50(11)12)79(109)89-54(29-20-34-82)68(98)90-57;3-2(4,5)1(6)7/h13-18,24-27,45-50,53-67H,19-23,28-44,81-84H2,1-12H3,(H,85,107)(H,86,102)(H,87,103)(H,88,108)(H,89,109)(H,90,98)(H,91,99)(H,92,106)(H,93,104)(H,94,100)(H,95,101)(H,96,105);(H,6,7)/t53-,54-,55+,56-,57-,58-,59-,60+,61-,62-,63+,64+,65-,66-,67-;/m0./s1. The molecule has 0 spiro atoms. The molecule has 3 saturated heterocycles. The van der Waals surface area contributed by atoms with Crippen LogP contribution in [0.15, 0.2) is 60.7 Å². The number of ether oxygens (including phenoxy) is 2. The normalized spacial score (nSPS) is 26.1. The molecule has 0 aliphatic carbocycles. The number of alkyl halides is 3. The fourth-order valence-electron chi connectivity index (χ4n) is 13.9. The molecular weight excluding hydrogens is 1550 g/mol. The number of aliphatic carboxylic acids is 1. The maximum Gasteiger partial charge on any atom is 0.490 e. The summed E-state index contributed by atoms with van der Waals surface area (Å²) in [6.45, 7) is 21.6. The summed E-state index contributed by atoms with van der Waals surface area (Å²) in [5.74, 6) is -14.5. The van der Waals surface area contributed by atoms with Gasteiger partial charge in [-0.15, -0.1) is 0 Å². The summed E-state index contributed by atoms with van der Waals surface area (Å²) >= 11 is 0. The Bertz CT molecular complexity index is 3620. The number of fused-ring (bicyclic) bond motifs is 3. The molecule has 0 aromatic heterocycles. The number of hydrogen-bond donors (Lipinski definition) is 17. The average Bonchev–Trinajstić information content (AvgIpc) is 1.73. The largest absolute Gasteiger partial charge is 0.490 e. The van der Waals surface area contributed by atoms with Crippen LogP contribution in [0.4, 0.5) is 13.2 Å². The zero-order valence-corrected chi connectivity index (χ0v) is 70.8. The summed E-state index contributed by atoms with van der Waals surface area (Å²) in [6.07, 6.45) is -6.35. The molecule has 119 heavy (non-hydrogen) atoms. The van der Waals surface area contributed by atoms with E-state index in [2.05, 4.69) is 63.8 Å². The molecule has 2 aromatic carbocycles. The number of carboxylic acids is 1. The van der Waals surface area contributed by atoms with Gasteiger partial charge in [0.05, 0.1) is 12.7 Å². The van der Waals surface area contributed by atoms with Crippen molar-refractivity contribution in [2.45, 2.75) is 283 Å². The fourth-order valence-corrected chi connectivity index (χ4v) is 13.9. The number of nitrogens with one attached hydrogen (secondary N) is 12. The lowest BCUT2D eigenvalue weighted by Crippen LogP contribution is -2.61. The topological polar surface area (TPSA) is 529 Å². The molecule has 0 saturated carbocycles. The number of rotatable bonds is 26. The van der Waals surface area contributed by atoms with Gasteiger partial charge < -0.3 is 106 Å². The number of nitrogens with zero attached hydrogens (tertiary/aromatic N) is 1. The number of benzene rings is 2.